The molecule has 0 aliphatic carbocycles. The molecule has 0 N–H and O–H groups in total. The summed E-state index contributed by atoms with van der Waals surface area (Å²) in [5, 5.41) is 49.5. The number of hydrogen-bond acceptors (Lipinski definition) is 0. The van der Waals surface area contributed by atoms with Crippen molar-refractivity contribution in [2.75, 3.05) is 0 Å². The van der Waals surface area contributed by atoms with Crippen LogP contribution in [-0.2, 0) is 20.4 Å². The quantitative estimate of drug-likeness (QED) is 0.0845. The molecule has 24 aromatic rings. The molecule has 125 heavy (non-hydrogen) atoms. The van der Waals surface area contributed by atoms with Crippen LogP contribution in [0.2, 0.25) is 0 Å². The summed E-state index contributed by atoms with van der Waals surface area (Å²) >= 11 is 0. The monoisotopic (exact) mass is 1760 g/mol. The average Bonchev–Trinajstić information content (AvgIpc) is 0.766. The van der Waals surface area contributed by atoms with Crippen molar-refractivity contribution in [1.29, 1.82) is 0 Å². The summed E-state index contributed by atoms with van der Waals surface area (Å²) in [4.78, 5) is 0. The van der Waals surface area contributed by atoms with Crippen molar-refractivity contribution in [3.63, 3.8) is 0 Å². The second kappa shape index (κ2) is 36.7. The van der Waals surface area contributed by atoms with Crippen LogP contribution < -0.4 is 63.7 Å². The molecule has 0 saturated carbocycles. The van der Waals surface area contributed by atoms with Gasteiger partial charge in [0, 0.05) is 85.1 Å². The van der Waals surface area contributed by atoms with Crippen LogP contribution in [0.5, 0.6) is 0 Å². The molecule has 0 saturated heterocycles. The Morgan fingerprint density at radius 3 is 0.240 bits per heavy atom. The molecule has 0 fully saturated rings. The van der Waals surface area contributed by atoms with Crippen molar-refractivity contribution in [1.82, 2.24) is 0 Å². The van der Waals surface area contributed by atoms with Gasteiger partial charge in [-0.25, -0.2) is 0 Å². The van der Waals surface area contributed by atoms with E-state index >= 15 is 0 Å². The van der Waals surface area contributed by atoms with Crippen molar-refractivity contribution in [3.05, 3.63) is 510 Å². The molecule has 5 heteroatoms. The van der Waals surface area contributed by atoms with E-state index in [-0.39, 0.29) is 20.4 Å². The number of benzene rings is 24. The molecule has 0 nitrogen and oxygen atoms in total. The zero-order chi connectivity index (χ0) is 82.5. The third-order valence-corrected chi connectivity index (χ3v) is 36.4. The van der Waals surface area contributed by atoms with E-state index in [1.54, 1.807) is 0 Å². The predicted octanol–water partition coefficient (Wildman–Crippen LogP) is 26.5. The zero-order valence-electron chi connectivity index (χ0n) is 68.8. The van der Waals surface area contributed by atoms with Gasteiger partial charge in [0.2, 0.25) is 0 Å². The minimum atomic E-state index is -1.25. The Labute approximate surface area is 748 Å². The minimum Gasteiger partial charge on any atom is -0.0616 e. The molecule has 0 heterocycles. The van der Waals surface area contributed by atoms with Crippen molar-refractivity contribution in [2.45, 2.75) is 0 Å². The van der Waals surface area contributed by atoms with E-state index in [0.29, 0.717) is 0 Å². The second-order valence-electron chi connectivity index (χ2n) is 31.8. The molecule has 0 bridgehead atoms. The fourth-order valence-electron chi connectivity index (χ4n) is 19.1. The fourth-order valence-corrected chi connectivity index (χ4v) is 31.7. The predicted molar refractivity (Wildman–Crippen MR) is 556 cm³/mol. The maximum absolute atomic E-state index is 2.35. The SMILES string of the molecule is [Pd].c1ccc2c([PH+](c3cccc4ccccc34)c3cccc4ccccc34)cccc2c1.c1ccc2c([PH+](c3cccc4ccccc34)c3cccc4ccccc34)cccc2c1.c1ccc2c([PH+](c3cccc4ccccc34)c3cccc4ccccc34)cccc2c1.c1ccc2c([PH+](c3cccc4ccccc34)c3cccc4ccccc34)cccc2c1. The number of rotatable bonds is 12. The molecule has 0 radical (unpaired) electrons. The molecule has 0 spiro atoms. The van der Waals surface area contributed by atoms with Gasteiger partial charge >= 0.3 is 0 Å². The first-order valence-electron chi connectivity index (χ1n) is 42.9. The van der Waals surface area contributed by atoms with Crippen LogP contribution in [0, 0.1) is 0 Å². The van der Waals surface area contributed by atoms with Gasteiger partial charge in [0.1, 0.15) is 95.3 Å². The number of hydrogen-bond donors (Lipinski definition) is 0. The summed E-state index contributed by atoms with van der Waals surface area (Å²) in [7, 11) is -5.01. The summed E-state index contributed by atoms with van der Waals surface area (Å²) in [6.45, 7) is 0. The Balaban J connectivity index is 0.000000105. The molecule has 0 atom stereocenters. The van der Waals surface area contributed by atoms with E-state index in [0.717, 1.165) is 0 Å². The summed E-state index contributed by atoms with van der Waals surface area (Å²) in [5.74, 6) is 0. The first kappa shape index (κ1) is 80.2. The van der Waals surface area contributed by atoms with Crippen molar-refractivity contribution < 1.29 is 20.4 Å². The average molecular weight is 1760 g/mol. The van der Waals surface area contributed by atoms with Crippen LogP contribution in [0.25, 0.3) is 129 Å². The standard InChI is InChI=1S/4C30H21P.Pd/c4*1-4-16-25-22(10-1)13-7-19-28(25)31(29-20-8-14-23-11-2-5-17-26(23)29)30-21-9-15-24-12-3-6-18-27(24)30;/h4*1-21H;/p+4. The van der Waals surface area contributed by atoms with Crippen LogP contribution in [-0.4, -0.2) is 0 Å². The maximum Gasteiger partial charge on any atom is 0.110 e. The Morgan fingerprint density at radius 1 is 0.0800 bits per heavy atom. The Hall–Kier alpha value is -13.2. The van der Waals surface area contributed by atoms with Crippen molar-refractivity contribution >= 4 is 225 Å². The maximum atomic E-state index is 2.35. The zero-order valence-corrected chi connectivity index (χ0v) is 74.4. The molecule has 0 aliphatic rings. The van der Waals surface area contributed by atoms with Gasteiger partial charge in [0.25, 0.3) is 0 Å². The van der Waals surface area contributed by atoms with E-state index in [9.17, 15) is 0 Å². The molecule has 0 amide bonds. The van der Waals surface area contributed by atoms with Crippen LogP contribution in [0.3, 0.4) is 0 Å². The topological polar surface area (TPSA) is 0 Å². The van der Waals surface area contributed by atoms with Gasteiger partial charge in [-0.1, -0.05) is 437 Å². The van der Waals surface area contributed by atoms with Crippen LogP contribution in [0.15, 0.2) is 510 Å². The second-order valence-corrected chi connectivity index (χ2v) is 41.3. The van der Waals surface area contributed by atoms with Crippen LogP contribution in [0.1, 0.15) is 0 Å². The fraction of sp³-hybridized carbons (Fsp3) is 0. The Kier molecular flexibility index (Phi) is 23.5. The molecule has 594 valence electrons. The molecular formula is C120H88P4Pd+4. The van der Waals surface area contributed by atoms with E-state index in [4.69, 9.17) is 0 Å². The van der Waals surface area contributed by atoms with Crippen molar-refractivity contribution in [3.8, 4) is 0 Å². The van der Waals surface area contributed by atoms with Crippen molar-refractivity contribution in [2.24, 2.45) is 0 Å². The molecular weight excluding hydrogens is 1670 g/mol. The largest absolute Gasteiger partial charge is 0.110 e. The van der Waals surface area contributed by atoms with Gasteiger partial charge in [0.15, 0.2) is 0 Å². The van der Waals surface area contributed by atoms with Gasteiger partial charge in [0.05, 0.1) is 0 Å². The first-order valence-corrected chi connectivity index (χ1v) is 48.9. The van der Waals surface area contributed by atoms with E-state index < -0.39 is 31.7 Å². The third-order valence-electron chi connectivity index (χ3n) is 24.7. The molecule has 0 aromatic heterocycles. The summed E-state index contributed by atoms with van der Waals surface area (Å²) in [6.07, 6.45) is 0. The molecule has 24 rings (SSSR count). The van der Waals surface area contributed by atoms with Gasteiger partial charge in [-0.2, -0.15) is 0 Å². The molecule has 24 aromatic carbocycles. The Morgan fingerprint density at radius 2 is 0.152 bits per heavy atom. The third kappa shape index (κ3) is 15.9. The molecule has 0 aliphatic heterocycles. The normalized spacial score (nSPS) is 11.4. The van der Waals surface area contributed by atoms with Gasteiger partial charge < -0.3 is 0 Å². The van der Waals surface area contributed by atoms with Crippen LogP contribution in [0.4, 0.5) is 0 Å². The summed E-state index contributed by atoms with van der Waals surface area (Å²) in [5.41, 5.74) is 0. The smallest absolute Gasteiger partial charge is 0.0616 e. The van der Waals surface area contributed by atoms with E-state index in [2.05, 4.69) is 510 Å². The molecule has 0 unspecified atom stereocenters. The summed E-state index contributed by atoms with van der Waals surface area (Å²) in [6, 6.07) is 187. The van der Waals surface area contributed by atoms with Gasteiger partial charge in [-0.05, 0) is 137 Å². The van der Waals surface area contributed by atoms with E-state index in [1.165, 1.54) is 193 Å². The Bertz CT molecular complexity index is 6330. The van der Waals surface area contributed by atoms with Gasteiger partial charge in [-0.15, -0.1) is 0 Å². The van der Waals surface area contributed by atoms with Gasteiger partial charge in [-0.3, -0.25) is 0 Å². The number of fused-ring (bicyclic) bond motifs is 12. The van der Waals surface area contributed by atoms with E-state index in [1.807, 2.05) is 0 Å². The van der Waals surface area contributed by atoms with Crippen LogP contribution >= 0.6 is 31.7 Å². The summed E-state index contributed by atoms with van der Waals surface area (Å²) < 4.78 is 0. The first-order chi connectivity index (χ1) is 61.6. The minimum absolute atomic E-state index is 0.